The van der Waals surface area contributed by atoms with Crippen molar-refractivity contribution in [2.45, 2.75) is 52.4 Å². The molecule has 0 radical (unpaired) electrons. The van der Waals surface area contributed by atoms with Crippen LogP contribution in [-0.4, -0.2) is 0 Å². The van der Waals surface area contributed by atoms with Crippen LogP contribution in [0, 0.1) is 0 Å². The Kier molecular flexibility index (Phi) is 9.93. The van der Waals surface area contributed by atoms with E-state index in [1.165, 1.54) is 86.6 Å². The maximum Gasteiger partial charge on any atom is 0.0540 e. The average molecular weight is 818 g/mol. The lowest BCUT2D eigenvalue weighted by Gasteiger charge is -2.32. The highest BCUT2D eigenvalue weighted by atomic mass is 32.1. The standard InChI is InChI=1S/C60H51NS/c1-59(2,3)43-37-42(38-44(39-43)60(4,5)6)45-25-10-14-32-52(45)61(54-34-16-12-27-48(54)50-31-20-36-56-58(50)51-28-13-17-35-55(51)62-56)53-33-15-11-26-47(53)49-30-19-24-41-23-18-29-46(57(41)49)40-21-8-7-9-22-40/h7-39H,1-6H3. The maximum atomic E-state index is 2.55. The summed E-state index contributed by atoms with van der Waals surface area (Å²) < 4.78 is 2.60. The van der Waals surface area contributed by atoms with Gasteiger partial charge in [-0.1, -0.05) is 211 Å². The third-order valence-electron chi connectivity index (χ3n) is 12.4. The number of anilines is 3. The molecule has 0 aliphatic rings. The van der Waals surface area contributed by atoms with Crippen LogP contribution in [0.3, 0.4) is 0 Å². The van der Waals surface area contributed by atoms with Crippen LogP contribution in [0.4, 0.5) is 17.1 Å². The van der Waals surface area contributed by atoms with Gasteiger partial charge in [0.05, 0.1) is 17.1 Å². The Hall–Kier alpha value is -6.74. The molecule has 0 saturated heterocycles. The molecule has 302 valence electrons. The van der Waals surface area contributed by atoms with Gasteiger partial charge in [0.15, 0.2) is 0 Å². The molecule has 10 rings (SSSR count). The molecule has 10 aromatic rings. The molecule has 1 heterocycles. The van der Waals surface area contributed by atoms with Gasteiger partial charge in [0.1, 0.15) is 0 Å². The Morgan fingerprint density at radius 1 is 0.339 bits per heavy atom. The number of rotatable bonds is 7. The molecule has 0 aliphatic carbocycles. The van der Waals surface area contributed by atoms with E-state index >= 15 is 0 Å². The van der Waals surface area contributed by atoms with Crippen molar-refractivity contribution < 1.29 is 0 Å². The number of nitrogens with zero attached hydrogens (tertiary/aromatic N) is 1. The molecular weight excluding hydrogens is 767 g/mol. The molecule has 9 aromatic carbocycles. The van der Waals surface area contributed by atoms with Gasteiger partial charge in [-0.3, -0.25) is 0 Å². The topological polar surface area (TPSA) is 3.24 Å². The predicted molar refractivity (Wildman–Crippen MR) is 271 cm³/mol. The van der Waals surface area contributed by atoms with E-state index in [1.807, 2.05) is 11.3 Å². The first-order valence-corrected chi connectivity index (χ1v) is 22.6. The molecule has 0 atom stereocenters. The van der Waals surface area contributed by atoms with Crippen molar-refractivity contribution in [1.29, 1.82) is 0 Å². The van der Waals surface area contributed by atoms with Crippen LogP contribution in [0.5, 0.6) is 0 Å². The van der Waals surface area contributed by atoms with Gasteiger partial charge in [0, 0.05) is 36.9 Å². The fourth-order valence-electron chi connectivity index (χ4n) is 9.17. The molecule has 0 unspecified atom stereocenters. The first kappa shape index (κ1) is 39.4. The fourth-order valence-corrected chi connectivity index (χ4v) is 10.3. The minimum Gasteiger partial charge on any atom is -0.309 e. The van der Waals surface area contributed by atoms with Gasteiger partial charge in [0.25, 0.3) is 0 Å². The molecule has 2 heteroatoms. The second-order valence-electron chi connectivity index (χ2n) is 18.5. The van der Waals surface area contributed by atoms with Gasteiger partial charge < -0.3 is 4.90 Å². The Morgan fingerprint density at radius 3 is 1.40 bits per heavy atom. The molecule has 0 fully saturated rings. The van der Waals surface area contributed by atoms with Gasteiger partial charge in [-0.2, -0.15) is 0 Å². The minimum atomic E-state index is -0.0311. The first-order valence-electron chi connectivity index (χ1n) is 21.8. The van der Waals surface area contributed by atoms with E-state index < -0.39 is 0 Å². The summed E-state index contributed by atoms with van der Waals surface area (Å²) >= 11 is 1.87. The SMILES string of the molecule is CC(C)(C)c1cc(-c2ccccc2N(c2ccccc2-c2cccc3cccc(-c4ccccc4)c23)c2ccccc2-c2cccc3sc4ccccc4c23)cc(C(C)(C)C)c1. The summed E-state index contributed by atoms with van der Waals surface area (Å²) in [5.74, 6) is 0. The van der Waals surface area contributed by atoms with Crippen molar-refractivity contribution in [2.75, 3.05) is 4.90 Å². The van der Waals surface area contributed by atoms with Crippen LogP contribution >= 0.6 is 11.3 Å². The molecule has 0 N–H and O–H groups in total. The second kappa shape index (κ2) is 15.6. The highest BCUT2D eigenvalue weighted by Crippen LogP contribution is 2.51. The van der Waals surface area contributed by atoms with Crippen molar-refractivity contribution in [3.63, 3.8) is 0 Å². The highest BCUT2D eigenvalue weighted by Gasteiger charge is 2.27. The molecule has 0 bridgehead atoms. The summed E-state index contributed by atoms with van der Waals surface area (Å²) in [6, 6.07) is 74.3. The first-order chi connectivity index (χ1) is 30.0. The Morgan fingerprint density at radius 2 is 0.790 bits per heavy atom. The molecule has 0 aliphatic heterocycles. The number of hydrogen-bond donors (Lipinski definition) is 0. The zero-order valence-electron chi connectivity index (χ0n) is 36.4. The van der Waals surface area contributed by atoms with E-state index in [-0.39, 0.29) is 10.8 Å². The zero-order chi connectivity index (χ0) is 42.6. The molecular formula is C60H51NS. The van der Waals surface area contributed by atoms with Gasteiger partial charge in [-0.25, -0.2) is 0 Å². The number of fused-ring (bicyclic) bond motifs is 4. The van der Waals surface area contributed by atoms with E-state index in [1.54, 1.807) is 0 Å². The zero-order valence-corrected chi connectivity index (χ0v) is 37.2. The van der Waals surface area contributed by atoms with Crippen molar-refractivity contribution in [3.8, 4) is 44.5 Å². The third-order valence-corrected chi connectivity index (χ3v) is 13.5. The summed E-state index contributed by atoms with van der Waals surface area (Å²) in [5.41, 5.74) is 15.6. The Balaban J connectivity index is 1.30. The second-order valence-corrected chi connectivity index (χ2v) is 19.6. The Labute approximate surface area is 370 Å². The van der Waals surface area contributed by atoms with Gasteiger partial charge >= 0.3 is 0 Å². The fraction of sp³-hybridized carbons (Fsp3) is 0.133. The van der Waals surface area contributed by atoms with Crippen LogP contribution in [0.15, 0.2) is 200 Å². The van der Waals surface area contributed by atoms with Crippen LogP contribution in [0.25, 0.3) is 75.5 Å². The van der Waals surface area contributed by atoms with Gasteiger partial charge in [0.2, 0.25) is 0 Å². The quantitative estimate of drug-likeness (QED) is 0.155. The van der Waals surface area contributed by atoms with E-state index in [4.69, 9.17) is 0 Å². The number of hydrogen-bond acceptors (Lipinski definition) is 2. The molecule has 0 spiro atoms. The predicted octanol–water partition coefficient (Wildman–Crippen LogP) is 17.9. The third kappa shape index (κ3) is 7.09. The van der Waals surface area contributed by atoms with Crippen LogP contribution in [-0.2, 0) is 10.8 Å². The molecule has 0 saturated carbocycles. The van der Waals surface area contributed by atoms with Crippen molar-refractivity contribution in [3.05, 3.63) is 211 Å². The summed E-state index contributed by atoms with van der Waals surface area (Å²) in [7, 11) is 0. The maximum absolute atomic E-state index is 2.55. The van der Waals surface area contributed by atoms with E-state index in [0.29, 0.717) is 0 Å². The summed E-state index contributed by atoms with van der Waals surface area (Å²) in [5, 5.41) is 5.06. The number of benzene rings is 9. The normalized spacial score (nSPS) is 12.0. The van der Waals surface area contributed by atoms with Crippen molar-refractivity contribution in [1.82, 2.24) is 0 Å². The molecule has 1 nitrogen and oxygen atoms in total. The lowest BCUT2D eigenvalue weighted by Crippen LogP contribution is -2.17. The lowest BCUT2D eigenvalue weighted by atomic mass is 9.78. The highest BCUT2D eigenvalue weighted by molar-refractivity contribution is 7.25. The van der Waals surface area contributed by atoms with Gasteiger partial charge in [-0.05, 0) is 90.9 Å². The van der Waals surface area contributed by atoms with Crippen LogP contribution < -0.4 is 4.90 Å². The number of para-hydroxylation sites is 3. The molecule has 62 heavy (non-hydrogen) atoms. The lowest BCUT2D eigenvalue weighted by molar-refractivity contribution is 0.569. The van der Waals surface area contributed by atoms with Gasteiger partial charge in [-0.15, -0.1) is 11.3 Å². The van der Waals surface area contributed by atoms with E-state index in [2.05, 4.69) is 247 Å². The van der Waals surface area contributed by atoms with Crippen LogP contribution in [0.1, 0.15) is 52.7 Å². The van der Waals surface area contributed by atoms with Crippen molar-refractivity contribution in [2.24, 2.45) is 0 Å². The average Bonchev–Trinajstić information content (AvgIpc) is 3.68. The summed E-state index contributed by atoms with van der Waals surface area (Å²) in [6.07, 6.45) is 0. The number of thiophene rings is 1. The van der Waals surface area contributed by atoms with E-state index in [9.17, 15) is 0 Å². The smallest absolute Gasteiger partial charge is 0.0540 e. The summed E-state index contributed by atoms with van der Waals surface area (Å²) in [4.78, 5) is 2.55. The Bertz CT molecular complexity index is 3230. The van der Waals surface area contributed by atoms with Crippen molar-refractivity contribution >= 4 is 59.3 Å². The minimum absolute atomic E-state index is 0.0311. The monoisotopic (exact) mass is 817 g/mol. The van der Waals surface area contributed by atoms with E-state index in [0.717, 1.165) is 17.1 Å². The largest absolute Gasteiger partial charge is 0.309 e. The summed E-state index contributed by atoms with van der Waals surface area (Å²) in [6.45, 7) is 14.0. The molecule has 0 amide bonds. The molecule has 1 aromatic heterocycles. The van der Waals surface area contributed by atoms with Crippen LogP contribution in [0.2, 0.25) is 0 Å².